The van der Waals surface area contributed by atoms with Gasteiger partial charge in [0.25, 0.3) is 5.69 Å². The minimum absolute atomic E-state index is 0.0696. The summed E-state index contributed by atoms with van der Waals surface area (Å²) < 4.78 is 2.84. The van der Waals surface area contributed by atoms with Crippen molar-refractivity contribution in [2.75, 3.05) is 0 Å². The second kappa shape index (κ2) is 4.57. The Labute approximate surface area is 121 Å². The van der Waals surface area contributed by atoms with Crippen molar-refractivity contribution in [2.24, 2.45) is 0 Å². The Hall–Kier alpha value is -2.03. The Bertz CT molecular complexity index is 767. The largest absolute Gasteiger partial charge is 0.289 e. The van der Waals surface area contributed by atoms with E-state index in [-0.39, 0.29) is 5.69 Å². The summed E-state index contributed by atoms with van der Waals surface area (Å²) in [7, 11) is 0. The van der Waals surface area contributed by atoms with Crippen LogP contribution in [0.4, 0.5) is 5.69 Å². The quantitative estimate of drug-likeness (QED) is 0.397. The van der Waals surface area contributed by atoms with Crippen LogP contribution < -0.4 is 0 Å². The maximum Gasteiger partial charge on any atom is 0.269 e. The zero-order chi connectivity index (χ0) is 13.4. The normalized spacial score (nSPS) is 10.8. The van der Waals surface area contributed by atoms with Crippen LogP contribution in [0, 0.1) is 13.7 Å². The predicted molar refractivity (Wildman–Crippen MR) is 77.8 cm³/mol. The zero-order valence-corrected chi connectivity index (χ0v) is 11.7. The minimum atomic E-state index is -0.419. The summed E-state index contributed by atoms with van der Waals surface area (Å²) >= 11 is 2.18. The average molecular weight is 366 g/mol. The highest BCUT2D eigenvalue weighted by atomic mass is 127. The van der Waals surface area contributed by atoms with E-state index in [0.29, 0.717) is 5.78 Å². The molecule has 0 aliphatic carbocycles. The highest BCUT2D eigenvalue weighted by Crippen LogP contribution is 2.21. The zero-order valence-electron chi connectivity index (χ0n) is 9.52. The molecule has 1 aromatic carbocycles. The standard InChI is InChI=1S/C12H7IN4O2/c13-9-5-14-12-15-11(7-16(12)6-9)8-1-3-10(4-2-8)17(18)19/h1-7H. The number of imidazole rings is 1. The van der Waals surface area contributed by atoms with Crippen LogP contribution in [0.3, 0.4) is 0 Å². The van der Waals surface area contributed by atoms with Crippen LogP contribution in [-0.4, -0.2) is 19.3 Å². The molecule has 2 heterocycles. The van der Waals surface area contributed by atoms with Gasteiger partial charge < -0.3 is 0 Å². The van der Waals surface area contributed by atoms with Gasteiger partial charge in [0.2, 0.25) is 5.78 Å². The first-order chi connectivity index (χ1) is 9.13. The molecule has 0 saturated carbocycles. The first-order valence-corrected chi connectivity index (χ1v) is 6.46. The van der Waals surface area contributed by atoms with Crippen LogP contribution in [0.25, 0.3) is 17.0 Å². The lowest BCUT2D eigenvalue weighted by Gasteiger charge is -1.95. The molecular weight excluding hydrogens is 359 g/mol. The fourth-order valence-corrected chi connectivity index (χ4v) is 2.19. The van der Waals surface area contributed by atoms with Crippen LogP contribution in [-0.2, 0) is 0 Å². The molecule has 19 heavy (non-hydrogen) atoms. The van der Waals surface area contributed by atoms with Gasteiger partial charge in [-0.25, -0.2) is 9.97 Å². The van der Waals surface area contributed by atoms with E-state index in [4.69, 9.17) is 0 Å². The highest BCUT2D eigenvalue weighted by molar-refractivity contribution is 14.1. The monoisotopic (exact) mass is 366 g/mol. The molecular formula is C12H7IN4O2. The Morgan fingerprint density at radius 3 is 2.63 bits per heavy atom. The first-order valence-electron chi connectivity index (χ1n) is 5.38. The fourth-order valence-electron chi connectivity index (χ4n) is 1.75. The summed E-state index contributed by atoms with van der Waals surface area (Å²) in [5.74, 6) is 0.605. The van der Waals surface area contributed by atoms with E-state index in [0.717, 1.165) is 14.8 Å². The second-order valence-corrected chi connectivity index (χ2v) is 5.16. The third kappa shape index (κ3) is 2.28. The van der Waals surface area contributed by atoms with E-state index >= 15 is 0 Å². The third-order valence-corrected chi connectivity index (χ3v) is 3.21. The molecule has 0 bridgehead atoms. The SMILES string of the molecule is O=[N+]([O-])c1ccc(-c2cn3cc(I)cnc3n2)cc1. The number of hydrogen-bond acceptors (Lipinski definition) is 4. The molecule has 0 N–H and O–H groups in total. The van der Waals surface area contributed by atoms with E-state index in [1.165, 1.54) is 12.1 Å². The smallest absolute Gasteiger partial charge is 0.269 e. The van der Waals surface area contributed by atoms with Gasteiger partial charge in [-0.2, -0.15) is 0 Å². The molecule has 0 atom stereocenters. The first kappa shape index (κ1) is 12.0. The Morgan fingerprint density at radius 1 is 1.21 bits per heavy atom. The number of aromatic nitrogens is 3. The van der Waals surface area contributed by atoms with Crippen LogP contribution in [0.2, 0.25) is 0 Å². The topological polar surface area (TPSA) is 73.3 Å². The maximum atomic E-state index is 10.6. The van der Waals surface area contributed by atoms with Crippen LogP contribution in [0.5, 0.6) is 0 Å². The molecule has 0 aliphatic heterocycles. The van der Waals surface area contributed by atoms with E-state index in [1.807, 2.05) is 16.8 Å². The molecule has 2 aromatic heterocycles. The van der Waals surface area contributed by atoms with Gasteiger partial charge in [0.05, 0.1) is 10.6 Å². The van der Waals surface area contributed by atoms with Crippen molar-refractivity contribution in [3.63, 3.8) is 0 Å². The number of nitrogens with zero attached hydrogens (tertiary/aromatic N) is 4. The second-order valence-electron chi connectivity index (χ2n) is 3.91. The van der Waals surface area contributed by atoms with E-state index in [9.17, 15) is 10.1 Å². The van der Waals surface area contributed by atoms with Crippen LogP contribution >= 0.6 is 22.6 Å². The van der Waals surface area contributed by atoms with Gasteiger partial charge in [-0.15, -0.1) is 0 Å². The fraction of sp³-hybridized carbons (Fsp3) is 0. The van der Waals surface area contributed by atoms with Crippen molar-refractivity contribution in [2.45, 2.75) is 0 Å². The molecule has 3 rings (SSSR count). The molecule has 6 nitrogen and oxygen atoms in total. The highest BCUT2D eigenvalue weighted by Gasteiger charge is 2.08. The summed E-state index contributed by atoms with van der Waals surface area (Å²) in [6, 6.07) is 6.31. The molecule has 0 radical (unpaired) electrons. The molecule has 0 unspecified atom stereocenters. The minimum Gasteiger partial charge on any atom is -0.289 e. The van der Waals surface area contributed by atoms with Crippen molar-refractivity contribution in [3.8, 4) is 11.3 Å². The molecule has 0 spiro atoms. The van der Waals surface area contributed by atoms with Crippen molar-refractivity contribution in [3.05, 3.63) is 56.5 Å². The van der Waals surface area contributed by atoms with Gasteiger partial charge in [0.15, 0.2) is 0 Å². The lowest BCUT2D eigenvalue weighted by atomic mass is 10.1. The summed E-state index contributed by atoms with van der Waals surface area (Å²) in [4.78, 5) is 18.8. The van der Waals surface area contributed by atoms with Crippen molar-refractivity contribution < 1.29 is 4.92 Å². The Balaban J connectivity index is 2.06. The molecule has 0 fully saturated rings. The number of non-ortho nitro benzene ring substituents is 1. The van der Waals surface area contributed by atoms with Crippen molar-refractivity contribution in [1.29, 1.82) is 0 Å². The molecule has 3 aromatic rings. The van der Waals surface area contributed by atoms with Crippen LogP contribution in [0.1, 0.15) is 0 Å². The third-order valence-electron chi connectivity index (χ3n) is 2.65. The summed E-state index contributed by atoms with van der Waals surface area (Å²) in [5, 5.41) is 10.6. The maximum absolute atomic E-state index is 10.6. The van der Waals surface area contributed by atoms with Gasteiger partial charge in [-0.3, -0.25) is 14.5 Å². The van der Waals surface area contributed by atoms with Gasteiger partial charge in [-0.1, -0.05) is 0 Å². The van der Waals surface area contributed by atoms with Crippen LogP contribution in [0.15, 0.2) is 42.9 Å². The van der Waals surface area contributed by atoms with Gasteiger partial charge in [0, 0.05) is 39.9 Å². The lowest BCUT2D eigenvalue weighted by molar-refractivity contribution is -0.384. The average Bonchev–Trinajstić information content (AvgIpc) is 2.81. The number of benzene rings is 1. The van der Waals surface area contributed by atoms with E-state index < -0.39 is 4.92 Å². The molecule has 0 saturated heterocycles. The van der Waals surface area contributed by atoms with Gasteiger partial charge in [0.1, 0.15) is 0 Å². The number of nitro groups is 1. The number of hydrogen-bond donors (Lipinski definition) is 0. The Kier molecular flexibility index (Phi) is 2.90. The summed E-state index contributed by atoms with van der Waals surface area (Å²) in [5.41, 5.74) is 1.63. The Morgan fingerprint density at radius 2 is 1.95 bits per heavy atom. The summed E-state index contributed by atoms with van der Waals surface area (Å²) in [6.07, 6.45) is 5.51. The lowest BCUT2D eigenvalue weighted by Crippen LogP contribution is -1.87. The van der Waals surface area contributed by atoms with Gasteiger partial charge in [-0.05, 0) is 34.7 Å². The number of rotatable bonds is 2. The molecule has 0 aliphatic rings. The number of fused-ring (bicyclic) bond motifs is 1. The van der Waals surface area contributed by atoms with E-state index in [2.05, 4.69) is 32.6 Å². The number of nitro benzene ring substituents is 1. The molecule has 7 heteroatoms. The summed E-state index contributed by atoms with van der Waals surface area (Å²) in [6.45, 7) is 0. The predicted octanol–water partition coefficient (Wildman–Crippen LogP) is 2.91. The van der Waals surface area contributed by atoms with E-state index in [1.54, 1.807) is 18.3 Å². The van der Waals surface area contributed by atoms with Gasteiger partial charge >= 0.3 is 0 Å². The molecule has 0 amide bonds. The number of halogens is 1. The molecule has 94 valence electrons. The van der Waals surface area contributed by atoms with Crippen molar-refractivity contribution >= 4 is 34.1 Å². The van der Waals surface area contributed by atoms with Crippen molar-refractivity contribution in [1.82, 2.24) is 14.4 Å².